The van der Waals surface area contributed by atoms with Crippen LogP contribution in [-0.4, -0.2) is 28.5 Å². The zero-order valence-corrected chi connectivity index (χ0v) is 16.8. The first-order chi connectivity index (χ1) is 14.2. The van der Waals surface area contributed by atoms with Crippen LogP contribution in [0.4, 0.5) is 5.69 Å². The molecule has 1 N–H and O–H groups in total. The largest absolute Gasteiger partial charge is 0.489 e. The van der Waals surface area contributed by atoms with Gasteiger partial charge in [0.2, 0.25) is 5.91 Å². The lowest BCUT2D eigenvalue weighted by Gasteiger charge is -2.24. The summed E-state index contributed by atoms with van der Waals surface area (Å²) in [5.74, 6) is 0.805. The third-order valence-corrected chi connectivity index (χ3v) is 5.42. The minimum Gasteiger partial charge on any atom is -0.489 e. The summed E-state index contributed by atoms with van der Waals surface area (Å²) in [7, 11) is 2.06. The van der Waals surface area contributed by atoms with Crippen molar-refractivity contribution in [3.63, 3.8) is 0 Å². The van der Waals surface area contributed by atoms with Crippen LogP contribution in [-0.2, 0) is 18.4 Å². The molecule has 3 aromatic rings. The van der Waals surface area contributed by atoms with Crippen molar-refractivity contribution in [3.8, 4) is 5.75 Å². The van der Waals surface area contributed by atoms with E-state index < -0.39 is 0 Å². The van der Waals surface area contributed by atoms with Crippen molar-refractivity contribution >= 4 is 11.6 Å². The lowest BCUT2D eigenvalue weighted by atomic mass is 10.1. The van der Waals surface area contributed by atoms with E-state index in [-0.39, 0.29) is 5.91 Å². The Kier molecular flexibility index (Phi) is 5.96. The number of nitrogens with zero attached hydrogens (tertiary/aromatic N) is 2. The summed E-state index contributed by atoms with van der Waals surface area (Å²) >= 11 is 0. The summed E-state index contributed by atoms with van der Waals surface area (Å²) in [6.07, 6.45) is 4.28. The smallest absolute Gasteiger partial charge is 0.238 e. The molecule has 0 saturated carbocycles. The first-order valence-corrected chi connectivity index (χ1v) is 10.1. The van der Waals surface area contributed by atoms with E-state index >= 15 is 0 Å². The number of benzene rings is 2. The van der Waals surface area contributed by atoms with Gasteiger partial charge >= 0.3 is 0 Å². The van der Waals surface area contributed by atoms with E-state index in [0.29, 0.717) is 19.2 Å². The van der Waals surface area contributed by atoms with Crippen LogP contribution in [0.1, 0.15) is 30.1 Å². The Hall–Kier alpha value is -3.05. The number of rotatable bonds is 7. The van der Waals surface area contributed by atoms with Crippen LogP contribution in [0, 0.1) is 0 Å². The van der Waals surface area contributed by atoms with Crippen molar-refractivity contribution in [3.05, 3.63) is 84.2 Å². The van der Waals surface area contributed by atoms with E-state index in [1.54, 1.807) is 0 Å². The number of nitrogens with one attached hydrogen (secondary N) is 1. The Morgan fingerprint density at radius 1 is 1.07 bits per heavy atom. The molecule has 5 nitrogen and oxygen atoms in total. The topological polar surface area (TPSA) is 46.5 Å². The van der Waals surface area contributed by atoms with E-state index in [1.165, 1.54) is 5.69 Å². The molecular weight excluding hydrogens is 362 g/mol. The van der Waals surface area contributed by atoms with Gasteiger partial charge in [-0.25, -0.2) is 0 Å². The maximum Gasteiger partial charge on any atom is 0.238 e. The number of amides is 1. The molecule has 1 aliphatic heterocycles. The number of likely N-dealkylation sites (tertiary alicyclic amines) is 1. The third kappa shape index (κ3) is 4.87. The summed E-state index contributed by atoms with van der Waals surface area (Å²) in [4.78, 5) is 14.8. The standard InChI is InChI=1S/C24H27N3O2/c1-26-15-5-9-22(26)23-10-6-16-27(23)17-24(28)25-20-11-13-21(14-12-20)29-18-19-7-3-2-4-8-19/h2-5,7-9,11-15,23H,6,10,16-18H2,1H3,(H,25,28)/t23-/m0/s1. The van der Waals surface area contributed by atoms with E-state index in [0.717, 1.165) is 36.4 Å². The van der Waals surface area contributed by atoms with Crippen LogP contribution >= 0.6 is 0 Å². The monoisotopic (exact) mass is 389 g/mol. The normalized spacial score (nSPS) is 16.7. The second-order valence-corrected chi connectivity index (χ2v) is 7.52. The van der Waals surface area contributed by atoms with Gasteiger partial charge in [-0.15, -0.1) is 0 Å². The van der Waals surface area contributed by atoms with Crippen molar-refractivity contribution in [2.45, 2.75) is 25.5 Å². The molecule has 1 amide bonds. The van der Waals surface area contributed by atoms with Gasteiger partial charge in [0, 0.05) is 24.6 Å². The summed E-state index contributed by atoms with van der Waals surface area (Å²) in [6, 6.07) is 22.1. The quantitative estimate of drug-likeness (QED) is 0.652. The molecule has 29 heavy (non-hydrogen) atoms. The van der Waals surface area contributed by atoms with Gasteiger partial charge < -0.3 is 14.6 Å². The van der Waals surface area contributed by atoms with Gasteiger partial charge in [-0.3, -0.25) is 9.69 Å². The van der Waals surface area contributed by atoms with Crippen LogP contribution in [0.2, 0.25) is 0 Å². The summed E-state index contributed by atoms with van der Waals surface area (Å²) in [5.41, 5.74) is 3.19. The maximum atomic E-state index is 12.6. The highest BCUT2D eigenvalue weighted by molar-refractivity contribution is 5.92. The molecule has 5 heteroatoms. The maximum absolute atomic E-state index is 12.6. The Labute approximate surface area is 171 Å². The number of anilines is 1. The number of carbonyl (C=O) groups excluding carboxylic acids is 1. The van der Waals surface area contributed by atoms with Crippen LogP contribution in [0.15, 0.2) is 72.9 Å². The molecule has 1 atom stereocenters. The van der Waals surface area contributed by atoms with Crippen LogP contribution in [0.5, 0.6) is 5.75 Å². The van der Waals surface area contributed by atoms with Crippen LogP contribution in [0.3, 0.4) is 0 Å². The van der Waals surface area contributed by atoms with E-state index in [9.17, 15) is 4.79 Å². The molecule has 150 valence electrons. The van der Waals surface area contributed by atoms with Gasteiger partial charge in [-0.2, -0.15) is 0 Å². The summed E-state index contributed by atoms with van der Waals surface area (Å²) in [5, 5.41) is 3.01. The minimum absolute atomic E-state index is 0.0177. The lowest BCUT2D eigenvalue weighted by Crippen LogP contribution is -2.33. The second-order valence-electron chi connectivity index (χ2n) is 7.52. The highest BCUT2D eigenvalue weighted by Crippen LogP contribution is 2.31. The summed E-state index contributed by atoms with van der Waals surface area (Å²) < 4.78 is 7.95. The van der Waals surface area contributed by atoms with Gasteiger partial charge in [-0.1, -0.05) is 30.3 Å². The second kappa shape index (κ2) is 8.97. The molecule has 1 fully saturated rings. The van der Waals surface area contributed by atoms with Crippen LogP contribution in [0.25, 0.3) is 0 Å². The number of hydrogen-bond donors (Lipinski definition) is 1. The molecule has 1 aliphatic rings. The Morgan fingerprint density at radius 3 is 2.59 bits per heavy atom. The molecule has 1 aromatic heterocycles. The van der Waals surface area contributed by atoms with Gasteiger partial charge in [0.15, 0.2) is 0 Å². The number of carbonyl (C=O) groups is 1. The van der Waals surface area contributed by atoms with Crippen molar-refractivity contribution < 1.29 is 9.53 Å². The molecule has 0 unspecified atom stereocenters. The fraction of sp³-hybridized carbons (Fsp3) is 0.292. The van der Waals surface area contributed by atoms with Crippen molar-refractivity contribution in [2.24, 2.45) is 7.05 Å². The van der Waals surface area contributed by atoms with Crippen molar-refractivity contribution in [1.82, 2.24) is 9.47 Å². The minimum atomic E-state index is 0.0177. The van der Waals surface area contributed by atoms with Gasteiger partial charge in [0.25, 0.3) is 0 Å². The SMILES string of the molecule is Cn1cccc1[C@@H]1CCCN1CC(=O)Nc1ccc(OCc2ccccc2)cc1. The van der Waals surface area contributed by atoms with Crippen LogP contribution < -0.4 is 10.1 Å². The first-order valence-electron chi connectivity index (χ1n) is 10.1. The molecule has 0 radical (unpaired) electrons. The zero-order valence-electron chi connectivity index (χ0n) is 16.8. The predicted molar refractivity (Wildman–Crippen MR) is 115 cm³/mol. The molecule has 0 bridgehead atoms. The zero-order chi connectivity index (χ0) is 20.1. The molecule has 0 aliphatic carbocycles. The molecule has 1 saturated heterocycles. The number of ether oxygens (including phenoxy) is 1. The molecule has 2 aromatic carbocycles. The fourth-order valence-corrected chi connectivity index (χ4v) is 3.93. The predicted octanol–water partition coefficient (Wildman–Crippen LogP) is 4.38. The summed E-state index contributed by atoms with van der Waals surface area (Å²) in [6.45, 7) is 1.89. The van der Waals surface area contributed by atoms with Crippen molar-refractivity contribution in [2.75, 3.05) is 18.4 Å². The highest BCUT2D eigenvalue weighted by atomic mass is 16.5. The fourth-order valence-electron chi connectivity index (χ4n) is 3.93. The molecule has 0 spiro atoms. The average Bonchev–Trinajstić information content (AvgIpc) is 3.36. The average molecular weight is 389 g/mol. The van der Waals surface area contributed by atoms with E-state index in [4.69, 9.17) is 4.74 Å². The number of aromatic nitrogens is 1. The lowest BCUT2D eigenvalue weighted by molar-refractivity contribution is -0.117. The number of hydrogen-bond acceptors (Lipinski definition) is 3. The third-order valence-electron chi connectivity index (χ3n) is 5.42. The van der Waals surface area contributed by atoms with Crippen molar-refractivity contribution in [1.29, 1.82) is 0 Å². The Bertz CT molecular complexity index is 934. The van der Waals surface area contributed by atoms with Gasteiger partial charge in [0.1, 0.15) is 12.4 Å². The molecule has 2 heterocycles. The highest BCUT2D eigenvalue weighted by Gasteiger charge is 2.28. The number of aryl methyl sites for hydroxylation is 1. The van der Waals surface area contributed by atoms with E-state index in [1.807, 2.05) is 54.6 Å². The van der Waals surface area contributed by atoms with Gasteiger partial charge in [0.05, 0.1) is 12.6 Å². The van der Waals surface area contributed by atoms with Gasteiger partial charge in [-0.05, 0) is 61.3 Å². The molecular formula is C24H27N3O2. The molecule has 4 rings (SSSR count). The first kappa shape index (κ1) is 19.3. The Morgan fingerprint density at radius 2 is 1.86 bits per heavy atom. The Balaban J connectivity index is 1.30. The van der Waals surface area contributed by atoms with E-state index in [2.05, 4.69) is 40.2 Å².